The average molecular weight is 260 g/mol. The number of hydrogen-bond donors (Lipinski definition) is 2. The van der Waals surface area contributed by atoms with Gasteiger partial charge in [0, 0.05) is 11.3 Å². The average Bonchev–Trinajstić information content (AvgIpc) is 2.76. The summed E-state index contributed by atoms with van der Waals surface area (Å²) in [6.07, 6.45) is -0.0544. The van der Waals surface area contributed by atoms with Crippen LogP contribution in [-0.4, -0.2) is 28.4 Å². The molecule has 19 heavy (non-hydrogen) atoms. The molecule has 0 aliphatic rings. The van der Waals surface area contributed by atoms with Gasteiger partial charge in [-0.15, -0.1) is 0 Å². The zero-order chi connectivity index (χ0) is 14.0. The van der Waals surface area contributed by atoms with Gasteiger partial charge in [0.2, 0.25) is 0 Å². The number of carbonyl (C=O) groups is 1. The van der Waals surface area contributed by atoms with E-state index < -0.39 is 5.97 Å². The molecule has 1 aromatic carbocycles. The van der Waals surface area contributed by atoms with Crippen LogP contribution in [0.4, 0.5) is 0 Å². The highest BCUT2D eigenvalue weighted by Gasteiger charge is 2.10. The minimum atomic E-state index is -0.878. The van der Waals surface area contributed by atoms with E-state index in [1.807, 2.05) is 26.0 Å². The molecule has 0 aliphatic heterocycles. The Morgan fingerprint density at radius 2 is 1.95 bits per heavy atom. The Balaban J connectivity index is 2.37. The molecule has 0 bridgehead atoms. The second kappa shape index (κ2) is 5.14. The van der Waals surface area contributed by atoms with Gasteiger partial charge in [0.15, 0.2) is 0 Å². The lowest BCUT2D eigenvalue weighted by Gasteiger charge is -2.09. The Bertz CT molecular complexity index is 594. The van der Waals surface area contributed by atoms with E-state index in [9.17, 15) is 4.79 Å². The van der Waals surface area contributed by atoms with Crippen molar-refractivity contribution in [2.75, 3.05) is 7.11 Å². The van der Waals surface area contributed by atoms with Gasteiger partial charge in [0.25, 0.3) is 0 Å². The Morgan fingerprint density at radius 1 is 1.32 bits per heavy atom. The molecule has 5 heteroatoms. The van der Waals surface area contributed by atoms with Crippen LogP contribution in [0.1, 0.15) is 16.8 Å². The van der Waals surface area contributed by atoms with Crippen LogP contribution in [0, 0.1) is 13.8 Å². The van der Waals surface area contributed by atoms with Gasteiger partial charge in [-0.3, -0.25) is 9.89 Å². The second-order valence-electron chi connectivity index (χ2n) is 4.49. The minimum absolute atomic E-state index is 0.0544. The largest absolute Gasteiger partial charge is 0.496 e. The van der Waals surface area contributed by atoms with Gasteiger partial charge in [0.1, 0.15) is 5.75 Å². The molecule has 0 atom stereocenters. The maximum atomic E-state index is 10.6. The highest BCUT2D eigenvalue weighted by molar-refractivity contribution is 5.71. The number of H-pyrrole nitrogens is 1. The fourth-order valence-electron chi connectivity index (χ4n) is 2.18. The lowest BCUT2D eigenvalue weighted by atomic mass is 10.0. The number of carboxylic acids is 1. The van der Waals surface area contributed by atoms with E-state index in [-0.39, 0.29) is 6.42 Å². The van der Waals surface area contributed by atoms with Crippen LogP contribution in [-0.2, 0) is 11.2 Å². The van der Waals surface area contributed by atoms with Gasteiger partial charge < -0.3 is 9.84 Å². The van der Waals surface area contributed by atoms with Crippen molar-refractivity contribution in [2.45, 2.75) is 20.3 Å². The zero-order valence-corrected chi connectivity index (χ0v) is 11.2. The number of nitrogens with zero attached hydrogens (tertiary/aromatic N) is 1. The summed E-state index contributed by atoms with van der Waals surface area (Å²) in [5.41, 5.74) is 4.34. The summed E-state index contributed by atoms with van der Waals surface area (Å²) in [5, 5.41) is 15.6. The van der Waals surface area contributed by atoms with E-state index in [2.05, 4.69) is 10.2 Å². The Hall–Kier alpha value is -2.30. The third-order valence-corrected chi connectivity index (χ3v) is 2.93. The van der Waals surface area contributed by atoms with Crippen molar-refractivity contribution in [3.8, 4) is 17.0 Å². The van der Waals surface area contributed by atoms with E-state index in [4.69, 9.17) is 9.84 Å². The van der Waals surface area contributed by atoms with Gasteiger partial charge >= 0.3 is 5.97 Å². The molecule has 2 N–H and O–H groups in total. The van der Waals surface area contributed by atoms with E-state index in [0.717, 1.165) is 28.1 Å². The number of ether oxygens (including phenoxy) is 1. The molecule has 0 aliphatic carbocycles. The van der Waals surface area contributed by atoms with E-state index in [0.29, 0.717) is 5.69 Å². The smallest absolute Gasteiger partial charge is 0.309 e. The first-order valence-corrected chi connectivity index (χ1v) is 5.93. The first-order valence-electron chi connectivity index (χ1n) is 5.93. The summed E-state index contributed by atoms with van der Waals surface area (Å²) in [5.74, 6) is -0.0117. The molecule has 0 spiro atoms. The van der Waals surface area contributed by atoms with Crippen LogP contribution in [0.2, 0.25) is 0 Å². The number of aromatic nitrogens is 2. The monoisotopic (exact) mass is 260 g/mol. The molecule has 0 amide bonds. The SMILES string of the molecule is COc1c(C)cc(-c2cc(CC(=O)O)[nH]n2)cc1C. The summed E-state index contributed by atoms with van der Waals surface area (Å²) in [7, 11) is 1.65. The van der Waals surface area contributed by atoms with Crippen LogP contribution in [0.25, 0.3) is 11.3 Å². The Labute approximate surface area is 111 Å². The van der Waals surface area contributed by atoms with Crippen LogP contribution < -0.4 is 4.74 Å². The number of methoxy groups -OCH3 is 1. The first kappa shape index (κ1) is 13.1. The summed E-state index contributed by atoms with van der Waals surface area (Å²) in [4.78, 5) is 10.6. The van der Waals surface area contributed by atoms with E-state index >= 15 is 0 Å². The lowest BCUT2D eigenvalue weighted by molar-refractivity contribution is -0.136. The van der Waals surface area contributed by atoms with Crippen LogP contribution in [0.15, 0.2) is 18.2 Å². The molecule has 1 heterocycles. The standard InChI is InChI=1S/C14H16N2O3/c1-8-4-10(5-9(2)14(8)19-3)12-6-11(15-16-12)7-13(17)18/h4-6H,7H2,1-3H3,(H,15,16)(H,17,18). The second-order valence-corrected chi connectivity index (χ2v) is 4.49. The van der Waals surface area contributed by atoms with Crippen LogP contribution >= 0.6 is 0 Å². The molecule has 0 saturated carbocycles. The predicted octanol–water partition coefficient (Wildman–Crippen LogP) is 2.33. The number of rotatable bonds is 4. The highest BCUT2D eigenvalue weighted by Crippen LogP contribution is 2.29. The molecule has 5 nitrogen and oxygen atoms in total. The van der Waals surface area contributed by atoms with Gasteiger partial charge in [0.05, 0.1) is 19.2 Å². The molecule has 0 saturated heterocycles. The van der Waals surface area contributed by atoms with Crippen molar-refractivity contribution in [3.05, 3.63) is 35.0 Å². The number of nitrogens with one attached hydrogen (secondary N) is 1. The lowest BCUT2D eigenvalue weighted by Crippen LogP contribution is -1.99. The summed E-state index contributed by atoms with van der Waals surface area (Å²) in [6.45, 7) is 3.94. The fourth-order valence-corrected chi connectivity index (χ4v) is 2.18. The Kier molecular flexibility index (Phi) is 3.55. The van der Waals surface area contributed by atoms with E-state index in [1.165, 1.54) is 0 Å². The van der Waals surface area contributed by atoms with Crippen LogP contribution in [0.5, 0.6) is 5.75 Å². The zero-order valence-electron chi connectivity index (χ0n) is 11.2. The number of benzene rings is 1. The van der Waals surface area contributed by atoms with Crippen molar-refractivity contribution in [2.24, 2.45) is 0 Å². The topological polar surface area (TPSA) is 75.2 Å². The predicted molar refractivity (Wildman–Crippen MR) is 71.4 cm³/mol. The van der Waals surface area contributed by atoms with Crippen molar-refractivity contribution in [1.29, 1.82) is 0 Å². The third kappa shape index (κ3) is 2.76. The molecular formula is C14H16N2O3. The maximum Gasteiger partial charge on any atom is 0.309 e. The van der Waals surface area contributed by atoms with Crippen molar-refractivity contribution < 1.29 is 14.6 Å². The molecule has 1 aromatic heterocycles. The summed E-state index contributed by atoms with van der Waals surface area (Å²) < 4.78 is 5.32. The van der Waals surface area contributed by atoms with Gasteiger partial charge in [-0.25, -0.2) is 0 Å². The summed E-state index contributed by atoms with van der Waals surface area (Å²) >= 11 is 0. The van der Waals surface area contributed by atoms with Crippen LogP contribution in [0.3, 0.4) is 0 Å². The van der Waals surface area contributed by atoms with Crippen molar-refractivity contribution in [3.63, 3.8) is 0 Å². The van der Waals surface area contributed by atoms with Crippen molar-refractivity contribution in [1.82, 2.24) is 10.2 Å². The number of aryl methyl sites for hydroxylation is 2. The quantitative estimate of drug-likeness (QED) is 0.884. The third-order valence-electron chi connectivity index (χ3n) is 2.93. The normalized spacial score (nSPS) is 10.5. The molecule has 2 aromatic rings. The maximum absolute atomic E-state index is 10.6. The minimum Gasteiger partial charge on any atom is -0.496 e. The molecule has 0 radical (unpaired) electrons. The number of hydrogen-bond acceptors (Lipinski definition) is 3. The van der Waals surface area contributed by atoms with Gasteiger partial charge in [-0.05, 0) is 43.2 Å². The van der Waals surface area contributed by atoms with Crippen molar-refractivity contribution >= 4 is 5.97 Å². The van der Waals surface area contributed by atoms with Gasteiger partial charge in [-0.2, -0.15) is 5.10 Å². The fraction of sp³-hybridized carbons (Fsp3) is 0.286. The van der Waals surface area contributed by atoms with Gasteiger partial charge in [-0.1, -0.05) is 0 Å². The molecule has 100 valence electrons. The summed E-state index contributed by atoms with van der Waals surface area (Å²) in [6, 6.07) is 5.72. The number of carboxylic acid groups (broad SMARTS) is 1. The number of aromatic amines is 1. The molecule has 0 fully saturated rings. The highest BCUT2D eigenvalue weighted by atomic mass is 16.5. The van der Waals surface area contributed by atoms with E-state index in [1.54, 1.807) is 13.2 Å². The molecule has 0 unspecified atom stereocenters. The Morgan fingerprint density at radius 3 is 2.47 bits per heavy atom. The molecule has 2 rings (SSSR count). The number of aliphatic carboxylic acids is 1. The molecular weight excluding hydrogens is 244 g/mol. The first-order chi connectivity index (χ1) is 9.01.